The Morgan fingerprint density at radius 3 is 2.74 bits per heavy atom. The normalized spacial score (nSPS) is 21.1. The largest absolute Gasteiger partial charge is 0.446 e. The summed E-state index contributed by atoms with van der Waals surface area (Å²) in [5, 5.41) is 7.24. The summed E-state index contributed by atoms with van der Waals surface area (Å²) in [6.07, 6.45) is -2.27. The number of hydrogen-bond donors (Lipinski definition) is 3. The number of hydrogen-bond acceptors (Lipinski definition) is 6. The molecule has 0 spiro atoms. The molecule has 1 amide bonds. The Hall–Kier alpha value is -1.39. The standard InChI is InChI=1S/C9H18N4O5S/c1-6(2)18-9(14)12-19(15,16)13-3-4-17-7(5-13)8(10)11/h6-7H,3-5H2,1-2H3,(H3,10,11)(H,12,14). The van der Waals surface area contributed by atoms with Gasteiger partial charge >= 0.3 is 16.3 Å². The van der Waals surface area contributed by atoms with Crippen LogP contribution in [0.2, 0.25) is 0 Å². The molecule has 0 aromatic rings. The van der Waals surface area contributed by atoms with Gasteiger partial charge in [-0.15, -0.1) is 0 Å². The molecule has 1 unspecified atom stereocenters. The van der Waals surface area contributed by atoms with Gasteiger partial charge in [0, 0.05) is 13.1 Å². The van der Waals surface area contributed by atoms with Gasteiger partial charge in [0.25, 0.3) is 0 Å². The topological polar surface area (TPSA) is 135 Å². The molecule has 110 valence electrons. The van der Waals surface area contributed by atoms with E-state index >= 15 is 0 Å². The number of amides is 1. The first-order valence-corrected chi connectivity index (χ1v) is 7.10. The number of rotatable bonds is 4. The van der Waals surface area contributed by atoms with Gasteiger partial charge in [0.05, 0.1) is 12.7 Å². The third-order valence-electron chi connectivity index (χ3n) is 2.27. The maximum absolute atomic E-state index is 11.9. The number of carbonyl (C=O) groups is 1. The molecule has 0 aromatic carbocycles. The molecule has 4 N–H and O–H groups in total. The van der Waals surface area contributed by atoms with Gasteiger partial charge in [-0.3, -0.25) is 5.41 Å². The van der Waals surface area contributed by atoms with Crippen LogP contribution in [0.5, 0.6) is 0 Å². The highest BCUT2D eigenvalue weighted by Gasteiger charge is 2.32. The Labute approximate surface area is 111 Å². The molecule has 0 radical (unpaired) electrons. The first-order chi connectivity index (χ1) is 8.72. The third-order valence-corrected chi connectivity index (χ3v) is 3.71. The number of nitrogens with zero attached hydrogens (tertiary/aromatic N) is 1. The molecule has 9 nitrogen and oxygen atoms in total. The van der Waals surface area contributed by atoms with Crippen molar-refractivity contribution in [1.29, 1.82) is 5.41 Å². The van der Waals surface area contributed by atoms with Gasteiger partial charge in [-0.1, -0.05) is 0 Å². The number of carbonyl (C=O) groups excluding carboxylic acids is 1. The van der Waals surface area contributed by atoms with Crippen LogP contribution in [-0.2, 0) is 19.7 Å². The van der Waals surface area contributed by atoms with Crippen molar-refractivity contribution in [2.24, 2.45) is 5.73 Å². The molecule has 10 heteroatoms. The Balaban J connectivity index is 2.66. The fraction of sp³-hybridized carbons (Fsp3) is 0.778. The summed E-state index contributed by atoms with van der Waals surface area (Å²) < 4.78 is 36.4. The maximum Gasteiger partial charge on any atom is 0.422 e. The van der Waals surface area contributed by atoms with Crippen LogP contribution in [0.3, 0.4) is 0 Å². The summed E-state index contributed by atoms with van der Waals surface area (Å²) in [5.74, 6) is -0.260. The second-order valence-corrected chi connectivity index (χ2v) is 5.90. The Morgan fingerprint density at radius 1 is 1.58 bits per heavy atom. The van der Waals surface area contributed by atoms with Gasteiger partial charge < -0.3 is 15.2 Å². The zero-order valence-electron chi connectivity index (χ0n) is 10.8. The lowest BCUT2D eigenvalue weighted by atomic mass is 10.3. The second kappa shape index (κ2) is 6.17. The van der Waals surface area contributed by atoms with E-state index in [1.807, 2.05) is 0 Å². The van der Waals surface area contributed by atoms with Gasteiger partial charge in [0.15, 0.2) is 0 Å². The first-order valence-electron chi connectivity index (χ1n) is 5.66. The van der Waals surface area contributed by atoms with Crippen LogP contribution in [0, 0.1) is 5.41 Å². The quantitative estimate of drug-likeness (QED) is 0.450. The molecule has 19 heavy (non-hydrogen) atoms. The minimum Gasteiger partial charge on any atom is -0.446 e. The Bertz CT molecular complexity index is 450. The van der Waals surface area contributed by atoms with E-state index in [9.17, 15) is 13.2 Å². The van der Waals surface area contributed by atoms with Crippen molar-refractivity contribution in [2.75, 3.05) is 19.7 Å². The van der Waals surface area contributed by atoms with Gasteiger partial charge in [-0.25, -0.2) is 9.52 Å². The zero-order chi connectivity index (χ0) is 14.6. The fourth-order valence-corrected chi connectivity index (χ4v) is 2.47. The number of amidine groups is 1. The third kappa shape index (κ3) is 4.65. The molecule has 0 aromatic heterocycles. The lowest BCUT2D eigenvalue weighted by molar-refractivity contribution is 0.0362. The molecule has 0 aliphatic carbocycles. The second-order valence-electron chi connectivity index (χ2n) is 4.23. The Morgan fingerprint density at radius 2 is 2.21 bits per heavy atom. The van der Waals surface area contributed by atoms with Crippen molar-refractivity contribution in [1.82, 2.24) is 9.03 Å². The molecular weight excluding hydrogens is 276 g/mol. The molecular formula is C9H18N4O5S. The molecule has 0 saturated carbocycles. The van der Waals surface area contributed by atoms with E-state index in [0.717, 1.165) is 4.31 Å². The van der Waals surface area contributed by atoms with Crippen LogP contribution in [-0.4, -0.2) is 56.6 Å². The summed E-state index contributed by atoms with van der Waals surface area (Å²) in [6.45, 7) is 3.28. The van der Waals surface area contributed by atoms with E-state index in [0.29, 0.717) is 0 Å². The van der Waals surface area contributed by atoms with Crippen molar-refractivity contribution in [3.63, 3.8) is 0 Å². The van der Waals surface area contributed by atoms with Crippen LogP contribution < -0.4 is 10.5 Å². The summed E-state index contributed by atoms with van der Waals surface area (Å²) in [4.78, 5) is 11.3. The van der Waals surface area contributed by atoms with Gasteiger partial charge in [0.2, 0.25) is 0 Å². The first kappa shape index (κ1) is 15.7. The predicted octanol–water partition coefficient (Wildman–Crippen LogP) is -0.997. The van der Waals surface area contributed by atoms with E-state index in [1.54, 1.807) is 18.6 Å². The van der Waals surface area contributed by atoms with E-state index in [2.05, 4.69) is 0 Å². The van der Waals surface area contributed by atoms with Crippen LogP contribution >= 0.6 is 0 Å². The van der Waals surface area contributed by atoms with E-state index in [1.165, 1.54) is 0 Å². The maximum atomic E-state index is 11.9. The van der Waals surface area contributed by atoms with Crippen LogP contribution in [0.1, 0.15) is 13.8 Å². The van der Waals surface area contributed by atoms with Crippen LogP contribution in [0.4, 0.5) is 4.79 Å². The molecule has 1 aliphatic heterocycles. The average Bonchev–Trinajstić information content (AvgIpc) is 2.27. The van der Waals surface area contributed by atoms with Crippen molar-refractivity contribution in [3.8, 4) is 0 Å². The summed E-state index contributed by atoms with van der Waals surface area (Å²) >= 11 is 0. The highest BCUT2D eigenvalue weighted by Crippen LogP contribution is 2.09. The lowest BCUT2D eigenvalue weighted by Crippen LogP contribution is -2.54. The molecule has 1 saturated heterocycles. The Kier molecular flexibility index (Phi) is 5.09. The van der Waals surface area contributed by atoms with Crippen molar-refractivity contribution in [2.45, 2.75) is 26.1 Å². The number of nitrogens with two attached hydrogens (primary N) is 1. The van der Waals surface area contributed by atoms with Crippen LogP contribution in [0.25, 0.3) is 0 Å². The van der Waals surface area contributed by atoms with Crippen LogP contribution in [0.15, 0.2) is 0 Å². The van der Waals surface area contributed by atoms with E-state index in [4.69, 9.17) is 20.6 Å². The summed E-state index contributed by atoms with van der Waals surface area (Å²) in [7, 11) is -4.02. The number of nitrogens with one attached hydrogen (secondary N) is 2. The molecule has 1 fully saturated rings. The number of ether oxygens (including phenoxy) is 2. The highest BCUT2D eigenvalue weighted by molar-refractivity contribution is 7.87. The van der Waals surface area contributed by atoms with Crippen molar-refractivity contribution < 1.29 is 22.7 Å². The van der Waals surface area contributed by atoms with Gasteiger partial charge in [-0.05, 0) is 13.8 Å². The minimum atomic E-state index is -4.02. The summed E-state index contributed by atoms with van der Waals surface area (Å²) in [6, 6.07) is 0. The molecule has 1 heterocycles. The molecule has 1 rings (SSSR count). The zero-order valence-corrected chi connectivity index (χ0v) is 11.6. The van der Waals surface area contributed by atoms with Crippen molar-refractivity contribution in [3.05, 3.63) is 0 Å². The monoisotopic (exact) mass is 294 g/mol. The molecule has 0 bridgehead atoms. The van der Waals surface area contributed by atoms with Gasteiger partial charge in [0.1, 0.15) is 11.9 Å². The summed E-state index contributed by atoms with van der Waals surface area (Å²) in [5.41, 5.74) is 5.26. The van der Waals surface area contributed by atoms with E-state index in [-0.39, 0.29) is 25.5 Å². The highest BCUT2D eigenvalue weighted by atomic mass is 32.2. The smallest absolute Gasteiger partial charge is 0.422 e. The fourth-order valence-electron chi connectivity index (χ4n) is 1.44. The van der Waals surface area contributed by atoms with E-state index < -0.39 is 28.5 Å². The molecule has 1 atom stereocenters. The predicted molar refractivity (Wildman–Crippen MR) is 66.9 cm³/mol. The lowest BCUT2D eigenvalue weighted by Gasteiger charge is -2.31. The SMILES string of the molecule is CC(C)OC(=O)NS(=O)(=O)N1CCOC(C(=N)N)C1. The molecule has 1 aliphatic rings. The average molecular weight is 294 g/mol. The van der Waals surface area contributed by atoms with Crippen molar-refractivity contribution >= 4 is 22.1 Å². The van der Waals surface area contributed by atoms with Gasteiger partial charge in [-0.2, -0.15) is 12.7 Å². The minimum absolute atomic E-state index is 0.0775. The number of morpholine rings is 1.